The Hall–Kier alpha value is -0.780. The predicted octanol–water partition coefficient (Wildman–Crippen LogP) is 2.62. The van der Waals surface area contributed by atoms with Gasteiger partial charge in [-0.3, -0.25) is 0 Å². The molecule has 0 saturated carbocycles. The second-order valence-corrected chi connectivity index (χ2v) is 3.32. The molecular formula is C7H9ClF3N3. The molecule has 0 bridgehead atoms. The van der Waals surface area contributed by atoms with E-state index < -0.39 is 17.9 Å². The van der Waals surface area contributed by atoms with Gasteiger partial charge in [0.1, 0.15) is 5.69 Å². The molecule has 0 amide bonds. The molecule has 0 atom stereocenters. The molecule has 14 heavy (non-hydrogen) atoms. The average Bonchev–Trinajstić information content (AvgIpc) is 2.45. The number of aromatic nitrogens is 3. The highest BCUT2D eigenvalue weighted by molar-refractivity contribution is 6.16. The summed E-state index contributed by atoms with van der Waals surface area (Å²) in [5.41, 5.74) is -1.09. The molecule has 0 aliphatic rings. The number of hydrogen-bond donors (Lipinski definition) is 0. The molecule has 0 aliphatic carbocycles. The van der Waals surface area contributed by atoms with E-state index >= 15 is 0 Å². The maximum absolute atomic E-state index is 12.5. The lowest BCUT2D eigenvalue weighted by Gasteiger charge is -2.12. The Balaban J connectivity index is 3.27. The van der Waals surface area contributed by atoms with Gasteiger partial charge in [-0.1, -0.05) is 5.21 Å². The third kappa shape index (κ3) is 2.00. The van der Waals surface area contributed by atoms with E-state index in [-0.39, 0.29) is 11.6 Å². The highest BCUT2D eigenvalue weighted by Gasteiger charge is 2.39. The van der Waals surface area contributed by atoms with Crippen molar-refractivity contribution in [3.63, 3.8) is 0 Å². The van der Waals surface area contributed by atoms with Gasteiger partial charge in [-0.15, -0.1) is 16.7 Å². The molecule has 1 rings (SSSR count). The van der Waals surface area contributed by atoms with Gasteiger partial charge in [-0.2, -0.15) is 13.2 Å². The molecule has 0 aliphatic heterocycles. The van der Waals surface area contributed by atoms with Gasteiger partial charge in [-0.25, -0.2) is 4.68 Å². The van der Waals surface area contributed by atoms with Gasteiger partial charge in [0.2, 0.25) is 0 Å². The summed E-state index contributed by atoms with van der Waals surface area (Å²) in [5, 5.41) is 6.80. The fraction of sp³-hybridized carbons (Fsp3) is 0.714. The van der Waals surface area contributed by atoms with Gasteiger partial charge >= 0.3 is 6.18 Å². The van der Waals surface area contributed by atoms with Crippen molar-refractivity contribution in [2.75, 3.05) is 0 Å². The van der Waals surface area contributed by atoms with Gasteiger partial charge in [0.15, 0.2) is 5.69 Å². The van der Waals surface area contributed by atoms with Gasteiger partial charge in [0.05, 0.1) is 5.88 Å². The van der Waals surface area contributed by atoms with Crippen molar-refractivity contribution in [1.82, 2.24) is 15.0 Å². The molecule has 0 N–H and O–H groups in total. The van der Waals surface area contributed by atoms with Gasteiger partial charge < -0.3 is 0 Å². The number of rotatable bonds is 2. The van der Waals surface area contributed by atoms with Gasteiger partial charge in [0, 0.05) is 6.04 Å². The van der Waals surface area contributed by atoms with Gasteiger partial charge in [0.25, 0.3) is 0 Å². The molecule has 1 aromatic heterocycles. The monoisotopic (exact) mass is 227 g/mol. The maximum Gasteiger partial charge on any atom is 0.434 e. The van der Waals surface area contributed by atoms with Crippen LogP contribution in [0, 0.1) is 0 Å². The molecule has 0 spiro atoms. The molecule has 1 aromatic rings. The topological polar surface area (TPSA) is 30.7 Å². The maximum atomic E-state index is 12.5. The van der Waals surface area contributed by atoms with E-state index in [0.717, 1.165) is 4.68 Å². The molecule has 3 nitrogen and oxygen atoms in total. The van der Waals surface area contributed by atoms with Crippen LogP contribution in [0.25, 0.3) is 0 Å². The Morgan fingerprint density at radius 1 is 1.43 bits per heavy atom. The standard InChI is InChI=1S/C7H9ClF3N3/c1-4(2)14-6(7(9,10)11)5(3-8)12-13-14/h4H,3H2,1-2H3. The fourth-order valence-corrected chi connectivity index (χ4v) is 1.25. The van der Waals surface area contributed by atoms with Crippen LogP contribution in [0.3, 0.4) is 0 Å². The number of alkyl halides is 4. The summed E-state index contributed by atoms with van der Waals surface area (Å²) in [7, 11) is 0. The summed E-state index contributed by atoms with van der Waals surface area (Å²) in [6.07, 6.45) is -4.46. The molecule has 1 heterocycles. The van der Waals surface area contributed by atoms with Crippen LogP contribution < -0.4 is 0 Å². The van der Waals surface area contributed by atoms with Crippen molar-refractivity contribution in [2.45, 2.75) is 31.9 Å². The second kappa shape index (κ2) is 3.76. The molecule has 7 heteroatoms. The van der Waals surface area contributed by atoms with Crippen molar-refractivity contribution >= 4 is 11.6 Å². The van der Waals surface area contributed by atoms with E-state index in [0.29, 0.717) is 0 Å². The molecular weight excluding hydrogens is 219 g/mol. The van der Waals surface area contributed by atoms with E-state index in [4.69, 9.17) is 11.6 Å². The van der Waals surface area contributed by atoms with Crippen LogP contribution in [0.2, 0.25) is 0 Å². The average molecular weight is 228 g/mol. The highest BCUT2D eigenvalue weighted by Crippen LogP contribution is 2.32. The normalized spacial score (nSPS) is 12.5. The minimum atomic E-state index is -4.46. The SMILES string of the molecule is CC(C)n1nnc(CCl)c1C(F)(F)F. The summed E-state index contributed by atoms with van der Waals surface area (Å²) in [4.78, 5) is 0. The van der Waals surface area contributed by atoms with E-state index in [9.17, 15) is 13.2 Å². The van der Waals surface area contributed by atoms with E-state index in [1.807, 2.05) is 0 Å². The van der Waals surface area contributed by atoms with Gasteiger partial charge in [-0.05, 0) is 13.8 Å². The van der Waals surface area contributed by atoms with Crippen molar-refractivity contribution in [3.8, 4) is 0 Å². The zero-order valence-electron chi connectivity index (χ0n) is 7.64. The lowest BCUT2D eigenvalue weighted by atomic mass is 10.3. The Morgan fingerprint density at radius 3 is 2.36 bits per heavy atom. The fourth-order valence-electron chi connectivity index (χ4n) is 1.07. The van der Waals surface area contributed by atoms with Crippen LogP contribution in [0.4, 0.5) is 13.2 Å². The molecule has 0 radical (unpaired) electrons. The van der Waals surface area contributed by atoms with Crippen LogP contribution >= 0.6 is 11.6 Å². The minimum absolute atomic E-state index is 0.229. The Morgan fingerprint density at radius 2 is 2.00 bits per heavy atom. The Kier molecular flexibility index (Phi) is 3.04. The zero-order chi connectivity index (χ0) is 10.9. The van der Waals surface area contributed by atoms with Crippen molar-refractivity contribution < 1.29 is 13.2 Å². The second-order valence-electron chi connectivity index (χ2n) is 3.05. The van der Waals surface area contributed by atoms with Crippen molar-refractivity contribution in [3.05, 3.63) is 11.4 Å². The Bertz CT molecular complexity index is 318. The lowest BCUT2D eigenvalue weighted by molar-refractivity contribution is -0.145. The smallest absolute Gasteiger partial charge is 0.237 e. The quantitative estimate of drug-likeness (QED) is 0.727. The van der Waals surface area contributed by atoms with Crippen LogP contribution in [0.1, 0.15) is 31.3 Å². The first-order valence-electron chi connectivity index (χ1n) is 3.95. The first kappa shape index (κ1) is 11.3. The molecule has 80 valence electrons. The summed E-state index contributed by atoms with van der Waals surface area (Å²) in [5.74, 6) is -0.290. The lowest BCUT2D eigenvalue weighted by Crippen LogP contribution is -2.17. The minimum Gasteiger partial charge on any atom is -0.237 e. The first-order valence-corrected chi connectivity index (χ1v) is 4.48. The first-order chi connectivity index (χ1) is 6.38. The van der Waals surface area contributed by atoms with Crippen molar-refractivity contribution in [2.24, 2.45) is 0 Å². The summed E-state index contributed by atoms with van der Waals surface area (Å²) < 4.78 is 38.4. The van der Waals surface area contributed by atoms with E-state index in [1.54, 1.807) is 13.8 Å². The Labute approximate surface area is 83.9 Å². The van der Waals surface area contributed by atoms with Crippen LogP contribution in [0.15, 0.2) is 0 Å². The predicted molar refractivity (Wildman–Crippen MR) is 45.0 cm³/mol. The van der Waals surface area contributed by atoms with Crippen LogP contribution in [0.5, 0.6) is 0 Å². The third-order valence-corrected chi connectivity index (χ3v) is 1.90. The zero-order valence-corrected chi connectivity index (χ0v) is 8.39. The molecule has 0 unspecified atom stereocenters. The van der Waals surface area contributed by atoms with Crippen molar-refractivity contribution in [1.29, 1.82) is 0 Å². The molecule has 0 aromatic carbocycles. The van der Waals surface area contributed by atoms with E-state index in [1.165, 1.54) is 0 Å². The largest absolute Gasteiger partial charge is 0.434 e. The third-order valence-electron chi connectivity index (χ3n) is 1.65. The number of nitrogens with zero attached hydrogens (tertiary/aromatic N) is 3. The van der Waals surface area contributed by atoms with Crippen LogP contribution in [-0.4, -0.2) is 15.0 Å². The molecule has 0 saturated heterocycles. The molecule has 0 fully saturated rings. The summed E-state index contributed by atoms with van der Waals surface area (Å²) >= 11 is 5.34. The summed E-state index contributed by atoms with van der Waals surface area (Å²) in [6, 6.07) is -0.393. The summed E-state index contributed by atoms with van der Waals surface area (Å²) in [6.45, 7) is 3.20. The highest BCUT2D eigenvalue weighted by atomic mass is 35.5. The van der Waals surface area contributed by atoms with E-state index in [2.05, 4.69) is 10.3 Å². The number of hydrogen-bond acceptors (Lipinski definition) is 2. The van der Waals surface area contributed by atoms with Crippen LogP contribution in [-0.2, 0) is 12.1 Å². The number of halogens is 4.